The van der Waals surface area contributed by atoms with Crippen molar-refractivity contribution in [2.75, 3.05) is 6.61 Å². The van der Waals surface area contributed by atoms with Gasteiger partial charge in [-0.1, -0.05) is 33.1 Å². The van der Waals surface area contributed by atoms with Crippen molar-refractivity contribution in [3.05, 3.63) is 17.8 Å². The van der Waals surface area contributed by atoms with Crippen molar-refractivity contribution in [3.63, 3.8) is 0 Å². The van der Waals surface area contributed by atoms with Gasteiger partial charge < -0.3 is 4.74 Å². The number of hydrogen-bond acceptors (Lipinski definition) is 4. The quantitative estimate of drug-likeness (QED) is 0.726. The second-order valence-corrected chi connectivity index (χ2v) is 4.09. The zero-order valence-electron chi connectivity index (χ0n) is 10.5. The monoisotopic (exact) mass is 233 g/mol. The maximum Gasteiger partial charge on any atom is 0.251 e. The van der Waals surface area contributed by atoms with Gasteiger partial charge in [-0.05, 0) is 18.4 Å². The van der Waals surface area contributed by atoms with Crippen LogP contribution in [-0.4, -0.2) is 16.8 Å². The Morgan fingerprint density at radius 3 is 2.94 bits per heavy atom. The van der Waals surface area contributed by atoms with E-state index in [2.05, 4.69) is 30.1 Å². The third-order valence-electron chi connectivity index (χ3n) is 2.81. The highest BCUT2D eigenvalue weighted by atomic mass is 16.5. The van der Waals surface area contributed by atoms with Crippen molar-refractivity contribution >= 4 is 0 Å². The Morgan fingerprint density at radius 1 is 1.47 bits per heavy atom. The lowest BCUT2D eigenvalue weighted by Crippen LogP contribution is -2.12. The molecule has 4 nitrogen and oxygen atoms in total. The Kier molecular flexibility index (Phi) is 6.02. The van der Waals surface area contributed by atoms with Crippen LogP contribution in [0.1, 0.15) is 45.1 Å². The first-order valence-corrected chi connectivity index (χ1v) is 6.16. The Labute approximate surface area is 103 Å². The molecule has 1 atom stereocenters. The average Bonchev–Trinajstić information content (AvgIpc) is 2.39. The standard InChI is InChI=1S/C13H19N3O/c1-3-5-6-11(4-2)10-17-13-12(9-14)7-8-15-16-13/h7-8,11H,3-6,10H2,1-2H3. The molecule has 1 aromatic rings. The summed E-state index contributed by atoms with van der Waals surface area (Å²) in [5.41, 5.74) is 0.449. The molecule has 1 aromatic heterocycles. The van der Waals surface area contributed by atoms with Crippen LogP contribution < -0.4 is 4.74 Å². The number of ether oxygens (including phenoxy) is 1. The number of aromatic nitrogens is 2. The topological polar surface area (TPSA) is 58.8 Å². The number of unbranched alkanes of at least 4 members (excludes halogenated alkanes) is 1. The zero-order valence-corrected chi connectivity index (χ0v) is 10.5. The van der Waals surface area contributed by atoms with E-state index in [9.17, 15) is 0 Å². The summed E-state index contributed by atoms with van der Waals surface area (Å²) in [4.78, 5) is 0. The number of hydrogen-bond donors (Lipinski definition) is 0. The normalized spacial score (nSPS) is 11.8. The fourth-order valence-electron chi connectivity index (χ4n) is 1.61. The van der Waals surface area contributed by atoms with Crippen molar-refractivity contribution in [2.24, 2.45) is 5.92 Å². The Balaban J connectivity index is 2.51. The lowest BCUT2D eigenvalue weighted by atomic mass is 10.0. The van der Waals surface area contributed by atoms with E-state index in [0.29, 0.717) is 24.0 Å². The predicted molar refractivity (Wildman–Crippen MR) is 65.5 cm³/mol. The highest BCUT2D eigenvalue weighted by Crippen LogP contribution is 2.17. The predicted octanol–water partition coefficient (Wildman–Crippen LogP) is 2.94. The van der Waals surface area contributed by atoms with Crippen LogP contribution in [0.2, 0.25) is 0 Å². The molecule has 1 unspecified atom stereocenters. The summed E-state index contributed by atoms with van der Waals surface area (Å²) in [6.07, 6.45) is 6.16. The van der Waals surface area contributed by atoms with Crippen LogP contribution in [0.4, 0.5) is 0 Å². The Bertz CT molecular complexity index is 373. The molecule has 0 radical (unpaired) electrons. The van der Waals surface area contributed by atoms with Gasteiger partial charge in [0.1, 0.15) is 11.6 Å². The van der Waals surface area contributed by atoms with Crippen LogP contribution in [0.25, 0.3) is 0 Å². The molecule has 17 heavy (non-hydrogen) atoms. The van der Waals surface area contributed by atoms with Gasteiger partial charge in [-0.25, -0.2) is 0 Å². The zero-order chi connectivity index (χ0) is 12.5. The molecular weight excluding hydrogens is 214 g/mol. The van der Waals surface area contributed by atoms with Gasteiger partial charge in [0.25, 0.3) is 5.88 Å². The summed E-state index contributed by atoms with van der Waals surface area (Å²) < 4.78 is 5.58. The lowest BCUT2D eigenvalue weighted by molar-refractivity contribution is 0.223. The van der Waals surface area contributed by atoms with Crippen LogP contribution in [0.3, 0.4) is 0 Å². The minimum atomic E-state index is 0.352. The van der Waals surface area contributed by atoms with Gasteiger partial charge in [-0.2, -0.15) is 10.4 Å². The number of rotatable bonds is 7. The number of nitrogens with zero attached hydrogens (tertiary/aromatic N) is 3. The molecular formula is C13H19N3O. The van der Waals surface area contributed by atoms with Gasteiger partial charge in [-0.15, -0.1) is 5.10 Å². The van der Waals surface area contributed by atoms with Gasteiger partial charge in [0.05, 0.1) is 12.8 Å². The molecule has 0 aliphatic heterocycles. The summed E-state index contributed by atoms with van der Waals surface area (Å²) in [7, 11) is 0. The molecule has 0 aromatic carbocycles. The van der Waals surface area contributed by atoms with Gasteiger partial charge >= 0.3 is 0 Å². The molecule has 0 aliphatic carbocycles. The van der Waals surface area contributed by atoms with Gasteiger partial charge in [0.2, 0.25) is 0 Å². The molecule has 0 aliphatic rings. The summed E-state index contributed by atoms with van der Waals surface area (Å²) in [6.45, 7) is 4.96. The minimum Gasteiger partial charge on any atom is -0.475 e. The fourth-order valence-corrected chi connectivity index (χ4v) is 1.61. The van der Waals surface area contributed by atoms with E-state index in [0.717, 1.165) is 12.8 Å². The molecule has 0 spiro atoms. The van der Waals surface area contributed by atoms with Crippen LogP contribution in [-0.2, 0) is 0 Å². The second-order valence-electron chi connectivity index (χ2n) is 4.09. The Morgan fingerprint density at radius 2 is 2.29 bits per heavy atom. The maximum absolute atomic E-state index is 8.88. The van der Waals surface area contributed by atoms with E-state index in [4.69, 9.17) is 10.00 Å². The van der Waals surface area contributed by atoms with Crippen molar-refractivity contribution in [3.8, 4) is 11.9 Å². The number of nitriles is 1. The van der Waals surface area contributed by atoms with E-state index >= 15 is 0 Å². The SMILES string of the molecule is CCCCC(CC)COc1nnccc1C#N. The second kappa shape index (κ2) is 7.61. The third kappa shape index (κ3) is 4.39. The average molecular weight is 233 g/mol. The minimum absolute atomic E-state index is 0.352. The van der Waals surface area contributed by atoms with Crippen LogP contribution in [0.15, 0.2) is 12.3 Å². The van der Waals surface area contributed by atoms with Crippen molar-refractivity contribution in [1.82, 2.24) is 10.2 Å². The smallest absolute Gasteiger partial charge is 0.251 e. The van der Waals surface area contributed by atoms with Crippen molar-refractivity contribution < 1.29 is 4.74 Å². The highest BCUT2D eigenvalue weighted by Gasteiger charge is 2.10. The molecule has 0 saturated carbocycles. The molecule has 0 fully saturated rings. The van der Waals surface area contributed by atoms with Crippen molar-refractivity contribution in [1.29, 1.82) is 5.26 Å². The third-order valence-corrected chi connectivity index (χ3v) is 2.81. The van der Waals surface area contributed by atoms with E-state index in [1.54, 1.807) is 6.07 Å². The molecule has 92 valence electrons. The summed E-state index contributed by atoms with van der Waals surface area (Å²) in [5.74, 6) is 0.883. The van der Waals surface area contributed by atoms with Crippen molar-refractivity contribution in [2.45, 2.75) is 39.5 Å². The van der Waals surface area contributed by atoms with E-state index < -0.39 is 0 Å². The first-order chi connectivity index (χ1) is 8.31. The maximum atomic E-state index is 8.88. The summed E-state index contributed by atoms with van der Waals surface area (Å²) in [6, 6.07) is 3.67. The molecule has 0 bridgehead atoms. The highest BCUT2D eigenvalue weighted by molar-refractivity contribution is 5.35. The first kappa shape index (κ1) is 13.4. The Hall–Kier alpha value is -1.63. The van der Waals surface area contributed by atoms with Gasteiger partial charge in [-0.3, -0.25) is 0 Å². The summed E-state index contributed by atoms with van der Waals surface area (Å²) in [5, 5.41) is 16.5. The van der Waals surface area contributed by atoms with Crippen LogP contribution in [0.5, 0.6) is 5.88 Å². The molecule has 1 heterocycles. The molecule has 0 saturated heterocycles. The van der Waals surface area contributed by atoms with E-state index in [1.807, 2.05) is 0 Å². The molecule has 4 heteroatoms. The molecule has 0 N–H and O–H groups in total. The largest absolute Gasteiger partial charge is 0.475 e. The fraction of sp³-hybridized carbons (Fsp3) is 0.615. The van der Waals surface area contributed by atoms with E-state index in [1.165, 1.54) is 19.0 Å². The van der Waals surface area contributed by atoms with Gasteiger partial charge in [0, 0.05) is 0 Å². The van der Waals surface area contributed by atoms with Gasteiger partial charge in [0.15, 0.2) is 0 Å². The van der Waals surface area contributed by atoms with E-state index in [-0.39, 0.29) is 0 Å². The molecule has 0 amide bonds. The van der Waals surface area contributed by atoms with Crippen LogP contribution >= 0.6 is 0 Å². The lowest BCUT2D eigenvalue weighted by Gasteiger charge is -2.14. The first-order valence-electron chi connectivity index (χ1n) is 6.16. The summed E-state index contributed by atoms with van der Waals surface area (Å²) >= 11 is 0. The molecule has 1 rings (SSSR count). The van der Waals surface area contributed by atoms with Crippen LogP contribution in [0, 0.1) is 17.2 Å².